The summed E-state index contributed by atoms with van der Waals surface area (Å²) >= 11 is 0. The van der Waals surface area contributed by atoms with Crippen LogP contribution >= 0.6 is 0 Å². The van der Waals surface area contributed by atoms with Gasteiger partial charge in [-0.15, -0.1) is 0 Å². The molecule has 0 bridgehead atoms. The highest BCUT2D eigenvalue weighted by atomic mass is 19.4. The van der Waals surface area contributed by atoms with Gasteiger partial charge in [0.15, 0.2) is 22.8 Å². The lowest BCUT2D eigenvalue weighted by molar-refractivity contribution is -0.0862. The van der Waals surface area contributed by atoms with Gasteiger partial charge in [-0.2, -0.15) is 34.2 Å². The number of hydrogen-bond donors (Lipinski definition) is 0. The zero-order chi connectivity index (χ0) is 34.2. The highest BCUT2D eigenvalue weighted by Crippen LogP contribution is 2.55. The van der Waals surface area contributed by atoms with Gasteiger partial charge in [0.05, 0.1) is 55.1 Å². The fourth-order valence-electron chi connectivity index (χ4n) is 5.73. The molecular formula is C36H11F3N8. The Morgan fingerprint density at radius 2 is 1.21 bits per heavy atom. The maximum Gasteiger partial charge on any atom is 0.418 e. The molecule has 0 heterocycles. The van der Waals surface area contributed by atoms with Crippen molar-refractivity contribution in [1.29, 1.82) is 21.0 Å². The van der Waals surface area contributed by atoms with Gasteiger partial charge in [0.2, 0.25) is 0 Å². The fraction of sp³-hybridized carbons (Fsp3) is 0.0556. The number of nitrogens with zero attached hydrogens (tertiary/aromatic N) is 8. The number of hydrogen-bond acceptors (Lipinski definition) is 4. The number of allylic oxidation sites excluding steroid dienone is 6. The van der Waals surface area contributed by atoms with Crippen LogP contribution in [0.1, 0.15) is 51.4 Å². The zero-order valence-electron chi connectivity index (χ0n) is 23.8. The van der Waals surface area contributed by atoms with Gasteiger partial charge in [-0.05, 0) is 69.3 Å². The molecule has 3 aromatic rings. The smallest absolute Gasteiger partial charge is 0.238 e. The van der Waals surface area contributed by atoms with E-state index in [-0.39, 0.29) is 72.8 Å². The van der Waals surface area contributed by atoms with Gasteiger partial charge in [-0.1, -0.05) is 25.1 Å². The fourth-order valence-corrected chi connectivity index (χ4v) is 5.73. The Labute approximate surface area is 266 Å². The van der Waals surface area contributed by atoms with Gasteiger partial charge < -0.3 is 0 Å². The average molecular weight is 613 g/mol. The zero-order valence-corrected chi connectivity index (χ0v) is 23.8. The quantitative estimate of drug-likeness (QED) is 0.212. The standard InChI is InChI=1S/C36H11F3N8/c1-18-31(35(47-5)22-7-20(15-41)9-24(11-22)45-3)27-13-26-25(12-28(27)34(18)46-4)30(17-43)33(36(37,38)39)32(26)29(16-42)21-6-19(14-40)8-23(10-21)44-2/h6-13H,1H3/b32-29+,35-31?. The third-order valence-corrected chi connectivity index (χ3v) is 7.58. The number of benzene rings is 3. The molecular weight excluding hydrogens is 601 g/mol. The summed E-state index contributed by atoms with van der Waals surface area (Å²) in [7, 11) is 0. The van der Waals surface area contributed by atoms with E-state index in [1.807, 2.05) is 12.1 Å². The highest BCUT2D eigenvalue weighted by Gasteiger charge is 2.46. The summed E-state index contributed by atoms with van der Waals surface area (Å²) in [6.07, 6.45) is -5.13. The Balaban J connectivity index is 1.96. The van der Waals surface area contributed by atoms with Crippen molar-refractivity contribution in [2.75, 3.05) is 0 Å². The molecule has 0 atom stereocenters. The predicted octanol–water partition coefficient (Wildman–Crippen LogP) is 9.27. The van der Waals surface area contributed by atoms with E-state index < -0.39 is 28.5 Å². The topological polar surface area (TPSA) is 113 Å². The Bertz CT molecular complexity index is 2420. The Morgan fingerprint density at radius 3 is 1.70 bits per heavy atom. The molecule has 216 valence electrons. The first-order chi connectivity index (χ1) is 22.5. The molecule has 0 saturated heterocycles. The minimum atomic E-state index is -5.13. The van der Waals surface area contributed by atoms with E-state index in [4.69, 9.17) is 26.3 Å². The first-order valence-electron chi connectivity index (χ1n) is 13.1. The molecule has 0 aromatic heterocycles. The first kappa shape index (κ1) is 30.8. The molecule has 2 aliphatic carbocycles. The molecule has 2 aliphatic rings. The van der Waals surface area contributed by atoms with Crippen LogP contribution in [0, 0.1) is 71.6 Å². The molecule has 8 nitrogen and oxygen atoms in total. The van der Waals surface area contributed by atoms with Gasteiger partial charge in [-0.25, -0.2) is 19.4 Å². The lowest BCUT2D eigenvalue weighted by atomic mass is 9.89. The van der Waals surface area contributed by atoms with Crippen LogP contribution in [0.15, 0.2) is 59.7 Å². The monoisotopic (exact) mass is 612 g/mol. The van der Waals surface area contributed by atoms with E-state index in [1.54, 1.807) is 19.1 Å². The van der Waals surface area contributed by atoms with Crippen molar-refractivity contribution < 1.29 is 13.2 Å². The number of fused-ring (bicyclic) bond motifs is 2. The van der Waals surface area contributed by atoms with Gasteiger partial charge in [0.25, 0.3) is 0 Å². The lowest BCUT2D eigenvalue weighted by Gasteiger charge is -2.16. The highest BCUT2D eigenvalue weighted by molar-refractivity contribution is 6.18. The Morgan fingerprint density at radius 1 is 0.660 bits per heavy atom. The Hall–Kier alpha value is -7.67. The molecule has 5 rings (SSSR count). The van der Waals surface area contributed by atoms with Crippen LogP contribution in [0.25, 0.3) is 53.1 Å². The van der Waals surface area contributed by atoms with E-state index in [2.05, 4.69) is 19.4 Å². The number of alkyl halides is 3. The van der Waals surface area contributed by atoms with Crippen LogP contribution in [0.4, 0.5) is 24.5 Å². The van der Waals surface area contributed by atoms with Crippen molar-refractivity contribution in [1.82, 2.24) is 0 Å². The minimum Gasteiger partial charge on any atom is -0.238 e. The summed E-state index contributed by atoms with van der Waals surface area (Å²) in [5.41, 5.74) is -2.94. The largest absolute Gasteiger partial charge is 0.418 e. The second-order valence-corrected chi connectivity index (χ2v) is 10.1. The van der Waals surface area contributed by atoms with E-state index in [1.165, 1.54) is 48.5 Å². The van der Waals surface area contributed by atoms with Crippen LogP contribution in [0.5, 0.6) is 0 Å². The van der Waals surface area contributed by atoms with Crippen LogP contribution < -0.4 is 0 Å². The lowest BCUT2D eigenvalue weighted by Crippen LogP contribution is -2.13. The maximum atomic E-state index is 14.8. The van der Waals surface area contributed by atoms with Crippen LogP contribution in [0.3, 0.4) is 0 Å². The molecule has 47 heavy (non-hydrogen) atoms. The van der Waals surface area contributed by atoms with Gasteiger partial charge >= 0.3 is 6.18 Å². The van der Waals surface area contributed by atoms with Crippen molar-refractivity contribution in [3.05, 3.63) is 150 Å². The van der Waals surface area contributed by atoms with Crippen LogP contribution in [-0.4, -0.2) is 6.18 Å². The molecule has 0 radical (unpaired) electrons. The average Bonchev–Trinajstić information content (AvgIpc) is 3.54. The predicted molar refractivity (Wildman–Crippen MR) is 165 cm³/mol. The number of halogens is 3. The molecule has 11 heteroatoms. The first-order valence-corrected chi connectivity index (χ1v) is 13.1. The summed E-state index contributed by atoms with van der Waals surface area (Å²) in [4.78, 5) is 13.9. The third-order valence-electron chi connectivity index (χ3n) is 7.58. The summed E-state index contributed by atoms with van der Waals surface area (Å²) < 4.78 is 44.5. The summed E-state index contributed by atoms with van der Waals surface area (Å²) in [5.74, 6) is 0. The SMILES string of the molecule is [C-]#[N+]C(=C1C(C)=C([N+]#[C-])c2cc3c(cc21)/C(=C(/C#N)c1cc(C#N)cc([N+]#[C-])c1)C(C(F)(F)F)=C3C#N)c1cc(C#N)cc([N+]#[C-])c1. The van der Waals surface area contributed by atoms with E-state index in [0.717, 1.165) is 0 Å². The van der Waals surface area contributed by atoms with Crippen molar-refractivity contribution >= 4 is 45.1 Å². The van der Waals surface area contributed by atoms with Gasteiger partial charge in [0.1, 0.15) is 12.1 Å². The number of rotatable bonds is 2. The second kappa shape index (κ2) is 11.4. The van der Waals surface area contributed by atoms with Crippen LogP contribution in [0.2, 0.25) is 0 Å². The summed E-state index contributed by atoms with van der Waals surface area (Å²) in [5, 5.41) is 39.3. The molecule has 3 aromatic carbocycles. The molecule has 0 aliphatic heterocycles. The van der Waals surface area contributed by atoms with Crippen molar-refractivity contribution in [3.8, 4) is 24.3 Å². The molecule has 0 unspecified atom stereocenters. The normalized spacial score (nSPS) is 15.0. The van der Waals surface area contributed by atoms with Gasteiger partial charge in [0, 0.05) is 22.3 Å². The van der Waals surface area contributed by atoms with Crippen molar-refractivity contribution in [3.63, 3.8) is 0 Å². The van der Waals surface area contributed by atoms with Gasteiger partial charge in [-0.3, -0.25) is 0 Å². The second-order valence-electron chi connectivity index (χ2n) is 10.1. The van der Waals surface area contributed by atoms with Crippen molar-refractivity contribution in [2.24, 2.45) is 0 Å². The molecule has 0 amide bonds. The minimum absolute atomic E-state index is 0.0213. The molecule has 0 N–H and O–H groups in total. The molecule has 0 saturated carbocycles. The maximum absolute atomic E-state index is 14.8. The van der Waals surface area contributed by atoms with Crippen molar-refractivity contribution in [2.45, 2.75) is 13.1 Å². The molecule has 0 spiro atoms. The number of nitriles is 4. The summed E-state index contributed by atoms with van der Waals surface area (Å²) in [6, 6.07) is 17.4. The summed E-state index contributed by atoms with van der Waals surface area (Å²) in [6.45, 7) is 32.2. The molecule has 0 fully saturated rings. The van der Waals surface area contributed by atoms with E-state index >= 15 is 0 Å². The van der Waals surface area contributed by atoms with Crippen LogP contribution in [-0.2, 0) is 0 Å². The van der Waals surface area contributed by atoms with E-state index in [0.29, 0.717) is 5.57 Å². The Kier molecular flexibility index (Phi) is 7.49. The van der Waals surface area contributed by atoms with E-state index in [9.17, 15) is 34.2 Å². The third kappa shape index (κ3) is 4.83.